The van der Waals surface area contributed by atoms with Crippen molar-refractivity contribution in [1.29, 1.82) is 0 Å². The van der Waals surface area contributed by atoms with Gasteiger partial charge in [0.25, 0.3) is 0 Å². The summed E-state index contributed by atoms with van der Waals surface area (Å²) in [4.78, 5) is 12.5. The molecular weight excluding hydrogens is 345 g/mol. The molecule has 0 aromatic heterocycles. The maximum atomic E-state index is 13.1. The zero-order chi connectivity index (χ0) is 15.2. The van der Waals surface area contributed by atoms with Gasteiger partial charge in [0.05, 0.1) is 5.56 Å². The summed E-state index contributed by atoms with van der Waals surface area (Å²) in [7, 11) is 0. The average molecular weight is 353 g/mol. The SMILES string of the molecule is O=c1c2cc(Br)ccc2ccc2c(C(F)(F)F)cccc12. The fraction of sp³-hybridized carbons (Fsp3) is 0.0625. The molecule has 3 aromatic rings. The number of rotatable bonds is 0. The highest BCUT2D eigenvalue weighted by Gasteiger charge is 2.32. The van der Waals surface area contributed by atoms with Crippen LogP contribution >= 0.6 is 15.9 Å². The molecule has 106 valence electrons. The van der Waals surface area contributed by atoms with Gasteiger partial charge in [0.2, 0.25) is 0 Å². The Morgan fingerprint density at radius 2 is 1.57 bits per heavy atom. The summed E-state index contributed by atoms with van der Waals surface area (Å²) in [5.74, 6) is 0. The van der Waals surface area contributed by atoms with Gasteiger partial charge in [-0.1, -0.05) is 46.3 Å². The van der Waals surface area contributed by atoms with Gasteiger partial charge in [0, 0.05) is 15.2 Å². The van der Waals surface area contributed by atoms with Gasteiger partial charge in [-0.15, -0.1) is 0 Å². The molecule has 0 aliphatic heterocycles. The molecular formula is C16H8BrF3O. The van der Waals surface area contributed by atoms with Gasteiger partial charge in [0.1, 0.15) is 0 Å². The molecule has 21 heavy (non-hydrogen) atoms. The molecule has 0 bridgehead atoms. The molecule has 0 atom stereocenters. The molecule has 5 heteroatoms. The van der Waals surface area contributed by atoms with E-state index in [2.05, 4.69) is 15.9 Å². The van der Waals surface area contributed by atoms with Gasteiger partial charge < -0.3 is 0 Å². The second kappa shape index (κ2) is 4.84. The Bertz CT molecular complexity index is 916. The molecule has 0 radical (unpaired) electrons. The summed E-state index contributed by atoms with van der Waals surface area (Å²) in [5, 5.41) is 0.978. The van der Waals surface area contributed by atoms with E-state index in [0.717, 1.165) is 6.07 Å². The predicted molar refractivity (Wildman–Crippen MR) is 80.4 cm³/mol. The van der Waals surface area contributed by atoms with E-state index in [1.807, 2.05) is 0 Å². The minimum Gasteiger partial charge on any atom is -0.289 e. The molecule has 0 amide bonds. The molecule has 0 saturated carbocycles. The van der Waals surface area contributed by atoms with E-state index in [4.69, 9.17) is 0 Å². The van der Waals surface area contributed by atoms with Crippen molar-refractivity contribution in [2.24, 2.45) is 0 Å². The molecule has 1 nitrogen and oxygen atoms in total. The van der Waals surface area contributed by atoms with Crippen molar-refractivity contribution in [2.75, 3.05) is 0 Å². The molecule has 0 spiro atoms. The Balaban J connectivity index is 2.57. The fourth-order valence-electron chi connectivity index (χ4n) is 2.38. The highest BCUT2D eigenvalue weighted by atomic mass is 79.9. The summed E-state index contributed by atoms with van der Waals surface area (Å²) in [6.07, 6.45) is -4.49. The monoisotopic (exact) mass is 352 g/mol. The molecule has 0 fully saturated rings. The largest absolute Gasteiger partial charge is 0.417 e. The van der Waals surface area contributed by atoms with Crippen LogP contribution in [0, 0.1) is 0 Å². The van der Waals surface area contributed by atoms with Crippen LogP contribution in [0.2, 0.25) is 0 Å². The van der Waals surface area contributed by atoms with E-state index >= 15 is 0 Å². The van der Waals surface area contributed by atoms with Crippen molar-refractivity contribution in [3.05, 3.63) is 68.8 Å². The van der Waals surface area contributed by atoms with Gasteiger partial charge in [-0.3, -0.25) is 4.79 Å². The van der Waals surface area contributed by atoms with E-state index in [0.29, 0.717) is 15.2 Å². The number of halogens is 4. The standard InChI is InChI=1S/C16H8BrF3O/c17-10-6-4-9-5-7-11-12(15(21)13(9)8-10)2-1-3-14(11)16(18,19)20/h1-8H. The summed E-state index contributed by atoms with van der Waals surface area (Å²) in [6, 6.07) is 11.6. The van der Waals surface area contributed by atoms with Crippen LogP contribution in [0.15, 0.2) is 57.8 Å². The van der Waals surface area contributed by atoms with Crippen molar-refractivity contribution in [2.45, 2.75) is 6.18 Å². The third kappa shape index (κ3) is 2.42. The van der Waals surface area contributed by atoms with E-state index in [9.17, 15) is 18.0 Å². The van der Waals surface area contributed by atoms with E-state index in [-0.39, 0.29) is 10.8 Å². The summed E-state index contributed by atoms with van der Waals surface area (Å²) < 4.78 is 39.9. The maximum Gasteiger partial charge on any atom is 0.417 e. The third-order valence-corrected chi connectivity index (χ3v) is 3.84. The first kappa shape index (κ1) is 14.1. The second-order valence-corrected chi connectivity index (χ2v) is 5.57. The second-order valence-electron chi connectivity index (χ2n) is 4.66. The average Bonchev–Trinajstić information content (AvgIpc) is 2.56. The minimum absolute atomic E-state index is 0.0675. The van der Waals surface area contributed by atoms with Crippen LogP contribution < -0.4 is 5.43 Å². The molecule has 0 saturated heterocycles. The van der Waals surface area contributed by atoms with Crippen LogP contribution in [0.3, 0.4) is 0 Å². The Morgan fingerprint density at radius 3 is 2.29 bits per heavy atom. The summed E-state index contributed by atoms with van der Waals surface area (Å²) in [6.45, 7) is 0. The molecule has 3 rings (SSSR count). The van der Waals surface area contributed by atoms with E-state index < -0.39 is 17.2 Å². The van der Waals surface area contributed by atoms with E-state index in [1.54, 1.807) is 24.3 Å². The van der Waals surface area contributed by atoms with Gasteiger partial charge in [0.15, 0.2) is 5.43 Å². The van der Waals surface area contributed by atoms with Crippen LogP contribution in [0.5, 0.6) is 0 Å². The van der Waals surface area contributed by atoms with Crippen LogP contribution in [-0.4, -0.2) is 0 Å². The smallest absolute Gasteiger partial charge is 0.289 e. The lowest BCUT2D eigenvalue weighted by Crippen LogP contribution is -2.07. The number of benzene rings is 2. The Labute approximate surface area is 126 Å². The van der Waals surface area contributed by atoms with Gasteiger partial charge in [-0.2, -0.15) is 13.2 Å². The maximum absolute atomic E-state index is 13.1. The number of hydrogen-bond acceptors (Lipinski definition) is 1. The van der Waals surface area contributed by atoms with Crippen molar-refractivity contribution in [3.63, 3.8) is 0 Å². The number of hydrogen-bond donors (Lipinski definition) is 0. The zero-order valence-corrected chi connectivity index (χ0v) is 12.1. The first-order chi connectivity index (χ1) is 9.88. The van der Waals surface area contributed by atoms with Crippen molar-refractivity contribution < 1.29 is 13.2 Å². The highest BCUT2D eigenvalue weighted by molar-refractivity contribution is 9.10. The molecule has 0 aliphatic rings. The van der Waals surface area contributed by atoms with Crippen molar-refractivity contribution in [3.8, 4) is 0 Å². The van der Waals surface area contributed by atoms with Crippen molar-refractivity contribution >= 4 is 37.5 Å². The number of fused-ring (bicyclic) bond motifs is 2. The fourth-order valence-corrected chi connectivity index (χ4v) is 2.74. The minimum atomic E-state index is -4.49. The van der Waals surface area contributed by atoms with Crippen LogP contribution in [0.4, 0.5) is 13.2 Å². The normalized spacial score (nSPS) is 12.0. The molecule has 3 aromatic carbocycles. The molecule has 0 unspecified atom stereocenters. The summed E-state index contributed by atoms with van der Waals surface area (Å²) in [5.41, 5.74) is -1.20. The summed E-state index contributed by atoms with van der Waals surface area (Å²) >= 11 is 3.27. The topological polar surface area (TPSA) is 17.1 Å². The van der Waals surface area contributed by atoms with E-state index in [1.165, 1.54) is 18.2 Å². The van der Waals surface area contributed by atoms with Gasteiger partial charge in [-0.05, 0) is 29.0 Å². The first-order valence-corrected chi connectivity index (χ1v) is 6.90. The third-order valence-electron chi connectivity index (χ3n) is 3.35. The number of alkyl halides is 3. The first-order valence-electron chi connectivity index (χ1n) is 6.10. The van der Waals surface area contributed by atoms with Crippen LogP contribution in [0.25, 0.3) is 21.5 Å². The zero-order valence-electron chi connectivity index (χ0n) is 10.5. The lowest BCUT2D eigenvalue weighted by molar-refractivity contribution is -0.136. The Hall–Kier alpha value is -1.88. The highest BCUT2D eigenvalue weighted by Crippen LogP contribution is 2.34. The Morgan fingerprint density at radius 1 is 0.857 bits per heavy atom. The van der Waals surface area contributed by atoms with Crippen molar-refractivity contribution in [1.82, 2.24) is 0 Å². The molecule has 0 aliphatic carbocycles. The van der Waals surface area contributed by atoms with Gasteiger partial charge in [-0.25, -0.2) is 0 Å². The lowest BCUT2D eigenvalue weighted by Gasteiger charge is -2.08. The quantitative estimate of drug-likeness (QED) is 0.547. The van der Waals surface area contributed by atoms with Crippen LogP contribution in [0.1, 0.15) is 5.56 Å². The van der Waals surface area contributed by atoms with Crippen LogP contribution in [-0.2, 0) is 6.18 Å². The van der Waals surface area contributed by atoms with Gasteiger partial charge >= 0.3 is 6.18 Å². The Kier molecular flexibility index (Phi) is 3.24. The predicted octanol–water partition coefficient (Wildman–Crippen LogP) is 5.13. The molecule has 0 N–H and O–H groups in total. The molecule has 0 heterocycles. The lowest BCUT2D eigenvalue weighted by atomic mass is 10.1.